The first-order valence-electron chi connectivity index (χ1n) is 8.86. The molecule has 0 aliphatic rings. The number of benzene rings is 2. The molecule has 0 aliphatic carbocycles. The van der Waals surface area contributed by atoms with E-state index >= 15 is 0 Å². The Morgan fingerprint density at radius 1 is 1.11 bits per heavy atom. The predicted octanol–water partition coefficient (Wildman–Crippen LogP) is 3.45. The fraction of sp³-hybridized carbons (Fsp3) is 0.350. The number of nitrogens with zero attached hydrogens (tertiary/aromatic N) is 1. The highest BCUT2D eigenvalue weighted by Gasteiger charge is 2.06. The molecule has 2 aromatic rings. The van der Waals surface area contributed by atoms with Crippen molar-refractivity contribution in [3.63, 3.8) is 0 Å². The molecule has 0 bridgehead atoms. The third-order valence-corrected chi connectivity index (χ3v) is 5.24. The van der Waals surface area contributed by atoms with Gasteiger partial charge in [0.25, 0.3) is 0 Å². The number of sulfone groups is 1. The maximum atomic E-state index is 13.2. The highest BCUT2D eigenvalue weighted by Crippen LogP contribution is 2.11. The van der Waals surface area contributed by atoms with Crippen LogP contribution in [-0.2, 0) is 22.8 Å². The van der Waals surface area contributed by atoms with Crippen LogP contribution in [0.3, 0.4) is 0 Å². The zero-order valence-corrected chi connectivity index (χ0v) is 19.5. The summed E-state index contributed by atoms with van der Waals surface area (Å²) in [5.74, 6) is 0.463. The Balaban J connectivity index is 0.00000392. The van der Waals surface area contributed by atoms with E-state index in [9.17, 15) is 12.8 Å². The van der Waals surface area contributed by atoms with Crippen LogP contribution in [0.4, 0.5) is 4.39 Å². The van der Waals surface area contributed by atoms with Crippen molar-refractivity contribution in [3.8, 4) is 0 Å². The fourth-order valence-corrected chi connectivity index (χ4v) is 3.24. The van der Waals surface area contributed by atoms with Gasteiger partial charge in [-0.3, -0.25) is 0 Å². The molecule has 0 aliphatic heterocycles. The minimum absolute atomic E-state index is 0. The minimum atomic E-state index is -3.19. The second-order valence-electron chi connectivity index (χ2n) is 6.36. The number of aryl methyl sites for hydroxylation is 1. The predicted molar refractivity (Wildman–Crippen MR) is 123 cm³/mol. The van der Waals surface area contributed by atoms with Crippen molar-refractivity contribution in [2.75, 3.05) is 19.3 Å². The molecule has 5 nitrogen and oxygen atoms in total. The Morgan fingerprint density at radius 2 is 1.79 bits per heavy atom. The normalized spacial score (nSPS) is 11.6. The largest absolute Gasteiger partial charge is 0.357 e. The van der Waals surface area contributed by atoms with E-state index in [0.717, 1.165) is 29.7 Å². The van der Waals surface area contributed by atoms with Gasteiger partial charge >= 0.3 is 0 Å². The number of halogens is 2. The fourth-order valence-electron chi connectivity index (χ4n) is 2.61. The zero-order chi connectivity index (χ0) is 19.9. The molecular formula is C20H27FIN3O2S. The summed E-state index contributed by atoms with van der Waals surface area (Å²) in [6.07, 6.45) is 1.95. The summed E-state index contributed by atoms with van der Waals surface area (Å²) in [6.45, 7) is 5.73. The van der Waals surface area contributed by atoms with Crippen LogP contribution in [0.5, 0.6) is 0 Å². The van der Waals surface area contributed by atoms with Gasteiger partial charge in [0.2, 0.25) is 0 Å². The van der Waals surface area contributed by atoms with E-state index in [1.165, 1.54) is 18.4 Å². The standard InChI is InChI=1S/C20H26FN3O2S.HI/c1-4-22-20(23-12-11-17-7-8-18(21)13-15(17)2)24-14-16-5-9-19(10-6-16)27(3,25)26;/h5-10,13H,4,11-12,14H2,1-3H3,(H2,22,23,24);1H. The first-order chi connectivity index (χ1) is 12.8. The van der Waals surface area contributed by atoms with E-state index in [0.29, 0.717) is 23.9 Å². The summed E-state index contributed by atoms with van der Waals surface area (Å²) in [4.78, 5) is 4.83. The van der Waals surface area contributed by atoms with E-state index < -0.39 is 9.84 Å². The highest BCUT2D eigenvalue weighted by atomic mass is 127. The van der Waals surface area contributed by atoms with E-state index in [1.54, 1.807) is 30.3 Å². The summed E-state index contributed by atoms with van der Waals surface area (Å²) < 4.78 is 36.2. The number of hydrogen-bond donors (Lipinski definition) is 2. The monoisotopic (exact) mass is 519 g/mol. The minimum Gasteiger partial charge on any atom is -0.357 e. The molecule has 0 atom stereocenters. The molecule has 0 spiro atoms. The molecular weight excluding hydrogens is 492 g/mol. The summed E-state index contributed by atoms with van der Waals surface area (Å²) in [5, 5.41) is 6.45. The third kappa shape index (κ3) is 7.75. The molecule has 0 fully saturated rings. The molecule has 0 amide bonds. The molecule has 0 heterocycles. The van der Waals surface area contributed by atoms with Crippen LogP contribution in [0, 0.1) is 12.7 Å². The van der Waals surface area contributed by atoms with Crippen LogP contribution in [0.1, 0.15) is 23.6 Å². The van der Waals surface area contributed by atoms with Crippen LogP contribution in [-0.4, -0.2) is 33.7 Å². The molecule has 2 N–H and O–H groups in total. The van der Waals surface area contributed by atoms with Gasteiger partial charge in [0.05, 0.1) is 11.4 Å². The Morgan fingerprint density at radius 3 is 2.36 bits per heavy atom. The molecule has 0 saturated carbocycles. The molecule has 8 heteroatoms. The lowest BCUT2D eigenvalue weighted by atomic mass is 10.1. The number of aliphatic imine (C=N–C) groups is 1. The van der Waals surface area contributed by atoms with Crippen LogP contribution in [0.2, 0.25) is 0 Å². The van der Waals surface area contributed by atoms with Crippen molar-refractivity contribution in [2.45, 2.75) is 31.7 Å². The number of guanidine groups is 1. The average molecular weight is 519 g/mol. The van der Waals surface area contributed by atoms with Gasteiger partial charge in [0, 0.05) is 19.3 Å². The van der Waals surface area contributed by atoms with Gasteiger partial charge in [-0.2, -0.15) is 0 Å². The first-order valence-corrected chi connectivity index (χ1v) is 10.7. The van der Waals surface area contributed by atoms with Crippen molar-refractivity contribution in [3.05, 3.63) is 65.0 Å². The quantitative estimate of drug-likeness (QED) is 0.334. The summed E-state index contributed by atoms with van der Waals surface area (Å²) in [7, 11) is -3.19. The van der Waals surface area contributed by atoms with E-state index in [2.05, 4.69) is 15.6 Å². The van der Waals surface area contributed by atoms with Crippen molar-refractivity contribution in [1.82, 2.24) is 10.6 Å². The second-order valence-corrected chi connectivity index (χ2v) is 8.37. The van der Waals surface area contributed by atoms with Gasteiger partial charge in [-0.1, -0.05) is 18.2 Å². The highest BCUT2D eigenvalue weighted by molar-refractivity contribution is 14.0. The molecule has 154 valence electrons. The second kappa shape index (κ2) is 11.4. The van der Waals surface area contributed by atoms with E-state index in [4.69, 9.17) is 0 Å². The average Bonchev–Trinajstić information content (AvgIpc) is 2.61. The molecule has 0 aromatic heterocycles. The lowest BCUT2D eigenvalue weighted by Crippen LogP contribution is -2.38. The molecule has 0 unspecified atom stereocenters. The Labute approximate surface area is 183 Å². The van der Waals surface area contributed by atoms with Crippen LogP contribution in [0.25, 0.3) is 0 Å². The lowest BCUT2D eigenvalue weighted by Gasteiger charge is -2.12. The molecule has 2 aromatic carbocycles. The zero-order valence-electron chi connectivity index (χ0n) is 16.3. The van der Waals surface area contributed by atoms with Crippen molar-refractivity contribution >= 4 is 39.8 Å². The van der Waals surface area contributed by atoms with Gasteiger partial charge in [-0.05, 0) is 61.2 Å². The van der Waals surface area contributed by atoms with E-state index in [-0.39, 0.29) is 29.8 Å². The molecule has 2 rings (SSSR count). The SMILES string of the molecule is CCNC(=NCc1ccc(S(C)(=O)=O)cc1)NCCc1ccc(F)cc1C.I. The number of hydrogen-bond acceptors (Lipinski definition) is 3. The van der Waals surface area contributed by atoms with Crippen molar-refractivity contribution in [1.29, 1.82) is 0 Å². The topological polar surface area (TPSA) is 70.6 Å². The lowest BCUT2D eigenvalue weighted by molar-refractivity contribution is 0.602. The van der Waals surface area contributed by atoms with Crippen LogP contribution in [0.15, 0.2) is 52.4 Å². The molecule has 0 saturated heterocycles. The van der Waals surface area contributed by atoms with Crippen molar-refractivity contribution < 1.29 is 12.8 Å². The number of nitrogens with one attached hydrogen (secondary N) is 2. The summed E-state index contributed by atoms with van der Waals surface area (Å²) >= 11 is 0. The van der Waals surface area contributed by atoms with Crippen molar-refractivity contribution in [2.24, 2.45) is 4.99 Å². The smallest absolute Gasteiger partial charge is 0.191 e. The van der Waals surface area contributed by atoms with Crippen LogP contribution >= 0.6 is 24.0 Å². The van der Waals surface area contributed by atoms with Crippen LogP contribution < -0.4 is 10.6 Å². The number of rotatable bonds is 7. The Kier molecular flexibility index (Phi) is 9.88. The first kappa shape index (κ1) is 24.4. The van der Waals surface area contributed by atoms with Gasteiger partial charge in [0.1, 0.15) is 5.82 Å². The third-order valence-electron chi connectivity index (χ3n) is 4.11. The van der Waals surface area contributed by atoms with Gasteiger partial charge in [0.15, 0.2) is 15.8 Å². The molecule has 28 heavy (non-hydrogen) atoms. The van der Waals surface area contributed by atoms with E-state index in [1.807, 2.05) is 13.8 Å². The maximum absolute atomic E-state index is 13.2. The van der Waals surface area contributed by atoms with Gasteiger partial charge in [-0.15, -0.1) is 24.0 Å². The molecule has 0 radical (unpaired) electrons. The summed E-state index contributed by atoms with van der Waals surface area (Å²) in [6, 6.07) is 11.5. The van der Waals surface area contributed by atoms with Gasteiger partial charge < -0.3 is 10.6 Å². The summed E-state index contributed by atoms with van der Waals surface area (Å²) in [5.41, 5.74) is 2.95. The Bertz CT molecular complexity index is 900. The maximum Gasteiger partial charge on any atom is 0.191 e. The Hall–Kier alpha value is -1.68. The van der Waals surface area contributed by atoms with Gasteiger partial charge in [-0.25, -0.2) is 17.8 Å².